The van der Waals surface area contributed by atoms with Crippen molar-refractivity contribution in [3.63, 3.8) is 0 Å². The molecule has 0 saturated carbocycles. The van der Waals surface area contributed by atoms with Gasteiger partial charge in [-0.3, -0.25) is 0 Å². The molecule has 0 unspecified atom stereocenters. The van der Waals surface area contributed by atoms with Crippen LogP contribution in [0.4, 0.5) is 5.69 Å². The van der Waals surface area contributed by atoms with Crippen molar-refractivity contribution in [3.8, 4) is 0 Å². The maximum atomic E-state index is 5.78. The smallest absolute Gasteiger partial charge is 0.0459 e. The van der Waals surface area contributed by atoms with Gasteiger partial charge in [-0.25, -0.2) is 0 Å². The summed E-state index contributed by atoms with van der Waals surface area (Å²) in [7, 11) is 0. The molecule has 0 aliphatic rings. The van der Waals surface area contributed by atoms with E-state index in [-0.39, 0.29) is 0 Å². The van der Waals surface area contributed by atoms with E-state index in [1.165, 1.54) is 20.9 Å². The van der Waals surface area contributed by atoms with E-state index in [0.717, 1.165) is 10.2 Å². The van der Waals surface area contributed by atoms with Gasteiger partial charge in [0.15, 0.2) is 0 Å². The van der Waals surface area contributed by atoms with Crippen LogP contribution in [0, 0.1) is 13.8 Å². The number of halogens is 1. The van der Waals surface area contributed by atoms with Gasteiger partial charge in [-0.1, -0.05) is 29.5 Å². The Kier molecular flexibility index (Phi) is 3.79. The van der Waals surface area contributed by atoms with Crippen LogP contribution in [0.1, 0.15) is 11.1 Å². The van der Waals surface area contributed by atoms with Crippen LogP contribution in [0.2, 0.25) is 0 Å². The fraction of sp³-hybridized carbons (Fsp3) is 0.143. The van der Waals surface area contributed by atoms with Crippen LogP contribution in [0.5, 0.6) is 0 Å². The fourth-order valence-corrected chi connectivity index (χ4v) is 3.07. The molecule has 0 spiro atoms. The van der Waals surface area contributed by atoms with E-state index in [0.29, 0.717) is 0 Å². The highest BCUT2D eigenvalue weighted by Crippen LogP contribution is 2.33. The third kappa shape index (κ3) is 3.05. The van der Waals surface area contributed by atoms with Crippen LogP contribution in [-0.2, 0) is 0 Å². The zero-order valence-corrected chi connectivity index (χ0v) is 12.2. The summed E-state index contributed by atoms with van der Waals surface area (Å²) in [4.78, 5) is 2.48. The van der Waals surface area contributed by atoms with Gasteiger partial charge in [0.2, 0.25) is 0 Å². The second-order valence-corrected chi connectivity index (χ2v) is 6.02. The summed E-state index contributed by atoms with van der Waals surface area (Å²) in [5.74, 6) is 0. The molecule has 2 aromatic rings. The minimum atomic E-state index is 0.773. The van der Waals surface area contributed by atoms with E-state index in [1.807, 2.05) is 12.1 Å². The third-order valence-electron chi connectivity index (χ3n) is 2.53. The average molecular weight is 308 g/mol. The second kappa shape index (κ2) is 5.15. The summed E-state index contributed by atoms with van der Waals surface area (Å²) in [6, 6.07) is 12.5. The number of aryl methyl sites for hydroxylation is 2. The molecule has 17 heavy (non-hydrogen) atoms. The third-order valence-corrected chi connectivity index (χ3v) is 4.38. The maximum absolute atomic E-state index is 5.78. The molecule has 0 aromatic heterocycles. The van der Waals surface area contributed by atoms with Gasteiger partial charge < -0.3 is 5.73 Å². The molecule has 0 fully saturated rings. The Bertz CT molecular complexity index is 552. The van der Waals surface area contributed by atoms with Gasteiger partial charge in [-0.05, 0) is 59.6 Å². The lowest BCUT2D eigenvalue weighted by atomic mass is 10.2. The Morgan fingerprint density at radius 1 is 1.06 bits per heavy atom. The van der Waals surface area contributed by atoms with Crippen LogP contribution in [0.25, 0.3) is 0 Å². The summed E-state index contributed by atoms with van der Waals surface area (Å²) >= 11 is 5.21. The van der Waals surface area contributed by atoms with E-state index in [2.05, 4.69) is 54.0 Å². The molecule has 1 nitrogen and oxygen atoms in total. The SMILES string of the molecule is Cc1ccc(Sc2ccc(N)c(Br)c2)c(C)c1. The molecule has 88 valence electrons. The number of benzene rings is 2. The van der Waals surface area contributed by atoms with Crippen molar-refractivity contribution in [1.29, 1.82) is 0 Å². The molecule has 2 N–H and O–H groups in total. The molecule has 0 saturated heterocycles. The molecule has 3 heteroatoms. The molecule has 0 aliphatic heterocycles. The lowest BCUT2D eigenvalue weighted by molar-refractivity contribution is 1.26. The molecule has 0 amide bonds. The second-order valence-electron chi connectivity index (χ2n) is 4.05. The van der Waals surface area contributed by atoms with E-state index < -0.39 is 0 Å². The number of rotatable bonds is 2. The molecule has 0 atom stereocenters. The predicted octanol–water partition coefficient (Wildman–Crippen LogP) is 4.80. The van der Waals surface area contributed by atoms with Crippen LogP contribution < -0.4 is 5.73 Å². The molecular weight excluding hydrogens is 294 g/mol. The van der Waals surface area contributed by atoms with Crippen molar-refractivity contribution in [2.24, 2.45) is 0 Å². The Morgan fingerprint density at radius 2 is 1.82 bits per heavy atom. The van der Waals surface area contributed by atoms with Gasteiger partial charge in [0, 0.05) is 20.0 Å². The molecule has 0 bridgehead atoms. The quantitative estimate of drug-likeness (QED) is 0.807. The van der Waals surface area contributed by atoms with Gasteiger partial charge in [-0.2, -0.15) is 0 Å². The molecule has 0 heterocycles. The largest absolute Gasteiger partial charge is 0.398 e. The fourth-order valence-electron chi connectivity index (χ4n) is 1.61. The highest BCUT2D eigenvalue weighted by Gasteiger charge is 2.03. The Morgan fingerprint density at radius 3 is 2.47 bits per heavy atom. The maximum Gasteiger partial charge on any atom is 0.0459 e. The van der Waals surface area contributed by atoms with Crippen molar-refractivity contribution < 1.29 is 0 Å². The average Bonchev–Trinajstić information content (AvgIpc) is 2.27. The van der Waals surface area contributed by atoms with Gasteiger partial charge >= 0.3 is 0 Å². The lowest BCUT2D eigenvalue weighted by Gasteiger charge is -2.07. The zero-order chi connectivity index (χ0) is 12.4. The van der Waals surface area contributed by atoms with E-state index in [1.54, 1.807) is 11.8 Å². The zero-order valence-electron chi connectivity index (χ0n) is 9.83. The van der Waals surface area contributed by atoms with Gasteiger partial charge in [-0.15, -0.1) is 0 Å². The Hall–Kier alpha value is -0.930. The summed E-state index contributed by atoms with van der Waals surface area (Å²) in [5, 5.41) is 0. The van der Waals surface area contributed by atoms with Crippen LogP contribution >= 0.6 is 27.7 Å². The number of anilines is 1. The Balaban J connectivity index is 2.28. The Labute approximate surface area is 115 Å². The first kappa shape index (κ1) is 12.5. The number of nitrogen functional groups attached to an aromatic ring is 1. The number of hydrogen-bond donors (Lipinski definition) is 1. The lowest BCUT2D eigenvalue weighted by Crippen LogP contribution is -1.86. The number of hydrogen-bond acceptors (Lipinski definition) is 2. The van der Waals surface area contributed by atoms with Gasteiger partial charge in [0.25, 0.3) is 0 Å². The summed E-state index contributed by atoms with van der Waals surface area (Å²) < 4.78 is 0.951. The van der Waals surface area contributed by atoms with Crippen molar-refractivity contribution in [2.75, 3.05) is 5.73 Å². The first-order valence-corrected chi connectivity index (χ1v) is 6.97. The first-order chi connectivity index (χ1) is 8.06. The van der Waals surface area contributed by atoms with E-state index >= 15 is 0 Å². The van der Waals surface area contributed by atoms with Crippen molar-refractivity contribution in [3.05, 3.63) is 52.0 Å². The summed E-state index contributed by atoms with van der Waals surface area (Å²) in [6.07, 6.45) is 0. The van der Waals surface area contributed by atoms with E-state index in [9.17, 15) is 0 Å². The van der Waals surface area contributed by atoms with Gasteiger partial charge in [0.05, 0.1) is 0 Å². The standard InChI is InChI=1S/C14H14BrNS/c1-9-3-6-14(10(2)7-9)17-11-4-5-13(16)12(15)8-11/h3-8H,16H2,1-2H3. The summed E-state index contributed by atoms with van der Waals surface area (Å²) in [6.45, 7) is 4.25. The highest BCUT2D eigenvalue weighted by molar-refractivity contribution is 9.10. The highest BCUT2D eigenvalue weighted by atomic mass is 79.9. The van der Waals surface area contributed by atoms with E-state index in [4.69, 9.17) is 5.73 Å². The first-order valence-electron chi connectivity index (χ1n) is 5.36. The number of nitrogens with two attached hydrogens (primary N) is 1. The molecule has 2 rings (SSSR count). The molecular formula is C14H14BrNS. The molecule has 0 radical (unpaired) electrons. The van der Waals surface area contributed by atoms with Gasteiger partial charge in [0.1, 0.15) is 0 Å². The molecule has 2 aromatic carbocycles. The van der Waals surface area contributed by atoms with Crippen LogP contribution in [0.15, 0.2) is 50.7 Å². The minimum Gasteiger partial charge on any atom is -0.398 e. The minimum absolute atomic E-state index is 0.773. The van der Waals surface area contributed by atoms with Crippen LogP contribution in [0.3, 0.4) is 0 Å². The van der Waals surface area contributed by atoms with Crippen molar-refractivity contribution in [2.45, 2.75) is 23.6 Å². The normalized spacial score (nSPS) is 10.5. The van der Waals surface area contributed by atoms with Crippen molar-refractivity contribution in [1.82, 2.24) is 0 Å². The molecule has 0 aliphatic carbocycles. The monoisotopic (exact) mass is 307 g/mol. The topological polar surface area (TPSA) is 26.0 Å². The van der Waals surface area contributed by atoms with Crippen LogP contribution in [-0.4, -0.2) is 0 Å². The van der Waals surface area contributed by atoms with Crippen molar-refractivity contribution >= 4 is 33.4 Å². The summed E-state index contributed by atoms with van der Waals surface area (Å²) in [5.41, 5.74) is 9.15. The predicted molar refractivity (Wildman–Crippen MR) is 78.6 cm³/mol.